The van der Waals surface area contributed by atoms with Crippen LogP contribution in [0.15, 0.2) is 38.1 Å². The number of halogens is 1. The van der Waals surface area contributed by atoms with E-state index in [-0.39, 0.29) is 0 Å². The van der Waals surface area contributed by atoms with Gasteiger partial charge < -0.3 is 0 Å². The van der Waals surface area contributed by atoms with Gasteiger partial charge in [0.2, 0.25) is 0 Å². The lowest BCUT2D eigenvalue weighted by Gasteiger charge is -2.00. The van der Waals surface area contributed by atoms with Crippen LogP contribution in [-0.2, 0) is 7.05 Å². The molecule has 0 aliphatic heterocycles. The lowest BCUT2D eigenvalue weighted by atomic mass is 10.2. The van der Waals surface area contributed by atoms with Gasteiger partial charge in [-0.3, -0.25) is 9.09 Å². The maximum Gasteiger partial charge on any atom is 0.441 e. The smallest absolute Gasteiger partial charge is 0.295 e. The number of rotatable bonds is 1. The van der Waals surface area contributed by atoms with Gasteiger partial charge in [0, 0.05) is 17.1 Å². The average Bonchev–Trinajstić information content (AvgIpc) is 2.49. The minimum absolute atomic E-state index is 0.462. The van der Waals surface area contributed by atoms with E-state index in [1.165, 1.54) is 4.57 Å². The van der Waals surface area contributed by atoms with E-state index in [2.05, 4.69) is 25.6 Å². The van der Waals surface area contributed by atoms with Gasteiger partial charge in [-0.15, -0.1) is 0 Å². The Balaban J connectivity index is 2.66. The minimum atomic E-state index is -0.462. The van der Waals surface area contributed by atoms with Crippen molar-refractivity contribution >= 4 is 15.9 Å². The molecule has 0 amide bonds. The highest BCUT2D eigenvalue weighted by Crippen LogP contribution is 2.24. The van der Waals surface area contributed by atoms with Crippen molar-refractivity contribution in [1.82, 2.24) is 9.72 Å². The van der Waals surface area contributed by atoms with Crippen molar-refractivity contribution in [2.75, 3.05) is 0 Å². The van der Waals surface area contributed by atoms with Crippen LogP contribution in [0, 0.1) is 0 Å². The number of nitrogens with zero attached hydrogens (tertiary/aromatic N) is 2. The molecule has 0 aliphatic carbocycles. The third kappa shape index (κ3) is 1.39. The van der Waals surface area contributed by atoms with Crippen LogP contribution in [-0.4, -0.2) is 9.72 Å². The standard InChI is InChI=1S/C9H7BrN2O2/c1-12-8(11-14-9(12)13)6-4-2-3-5-7(6)10/h2-5H,1H3. The topological polar surface area (TPSA) is 48.0 Å². The first-order valence-corrected chi connectivity index (χ1v) is 4.77. The number of hydrogen-bond donors (Lipinski definition) is 0. The second-order valence-corrected chi connectivity index (χ2v) is 3.67. The molecule has 0 fully saturated rings. The molecule has 72 valence electrons. The molecule has 0 spiro atoms. The van der Waals surface area contributed by atoms with Gasteiger partial charge in [0.1, 0.15) is 0 Å². The highest BCUT2D eigenvalue weighted by molar-refractivity contribution is 9.10. The maximum absolute atomic E-state index is 11.0. The first-order valence-electron chi connectivity index (χ1n) is 3.98. The summed E-state index contributed by atoms with van der Waals surface area (Å²) in [4.78, 5) is 11.0. The zero-order valence-corrected chi connectivity index (χ0v) is 8.98. The molecule has 0 radical (unpaired) electrons. The molecule has 0 unspecified atom stereocenters. The Morgan fingerprint density at radius 1 is 1.43 bits per heavy atom. The fourth-order valence-electron chi connectivity index (χ4n) is 1.16. The van der Waals surface area contributed by atoms with Crippen LogP contribution in [0.3, 0.4) is 0 Å². The Kier molecular flexibility index (Phi) is 2.25. The molecule has 0 saturated heterocycles. The summed E-state index contributed by atoms with van der Waals surface area (Å²) in [7, 11) is 1.62. The molecular weight excluding hydrogens is 248 g/mol. The summed E-state index contributed by atoms with van der Waals surface area (Å²) in [5.41, 5.74) is 0.834. The molecule has 14 heavy (non-hydrogen) atoms. The predicted molar refractivity (Wildman–Crippen MR) is 54.9 cm³/mol. The van der Waals surface area contributed by atoms with Crippen molar-refractivity contribution < 1.29 is 4.52 Å². The monoisotopic (exact) mass is 254 g/mol. The summed E-state index contributed by atoms with van der Waals surface area (Å²) >= 11 is 3.38. The zero-order valence-electron chi connectivity index (χ0n) is 7.40. The van der Waals surface area contributed by atoms with E-state index in [0.29, 0.717) is 5.82 Å². The van der Waals surface area contributed by atoms with Crippen molar-refractivity contribution in [2.24, 2.45) is 7.05 Å². The number of hydrogen-bond acceptors (Lipinski definition) is 3. The second kappa shape index (κ2) is 3.42. The van der Waals surface area contributed by atoms with Crippen molar-refractivity contribution in [1.29, 1.82) is 0 Å². The highest BCUT2D eigenvalue weighted by Gasteiger charge is 2.11. The van der Waals surface area contributed by atoms with Gasteiger partial charge in [-0.2, -0.15) is 0 Å². The molecule has 1 heterocycles. The molecule has 1 aromatic carbocycles. The normalized spacial score (nSPS) is 10.4. The van der Waals surface area contributed by atoms with Gasteiger partial charge in [-0.05, 0) is 12.1 Å². The first-order chi connectivity index (χ1) is 6.70. The summed E-state index contributed by atoms with van der Waals surface area (Å²) in [5, 5.41) is 3.69. The van der Waals surface area contributed by atoms with E-state index in [1.54, 1.807) is 7.05 Å². The van der Waals surface area contributed by atoms with Crippen LogP contribution >= 0.6 is 15.9 Å². The lowest BCUT2D eigenvalue weighted by Crippen LogP contribution is -2.10. The molecule has 2 aromatic rings. The SMILES string of the molecule is Cn1c(-c2ccccc2Br)noc1=O. The van der Waals surface area contributed by atoms with Crippen LogP contribution in [0.25, 0.3) is 11.4 Å². The van der Waals surface area contributed by atoms with Gasteiger partial charge in [-0.25, -0.2) is 4.79 Å². The predicted octanol–water partition coefficient (Wildman–Crippen LogP) is 1.80. The van der Waals surface area contributed by atoms with Gasteiger partial charge in [-0.1, -0.05) is 33.2 Å². The zero-order chi connectivity index (χ0) is 10.1. The molecule has 4 nitrogen and oxygen atoms in total. The van der Waals surface area contributed by atoms with Crippen LogP contribution in [0.1, 0.15) is 0 Å². The van der Waals surface area contributed by atoms with Gasteiger partial charge >= 0.3 is 5.76 Å². The molecule has 2 rings (SSSR count). The Morgan fingerprint density at radius 2 is 2.14 bits per heavy atom. The molecule has 0 atom stereocenters. The third-order valence-electron chi connectivity index (χ3n) is 1.92. The Morgan fingerprint density at radius 3 is 2.71 bits per heavy atom. The van der Waals surface area contributed by atoms with Crippen LogP contribution in [0.4, 0.5) is 0 Å². The van der Waals surface area contributed by atoms with E-state index < -0.39 is 5.76 Å². The van der Waals surface area contributed by atoms with Crippen molar-refractivity contribution in [3.05, 3.63) is 39.3 Å². The summed E-state index contributed by atoms with van der Waals surface area (Å²) in [6.45, 7) is 0. The summed E-state index contributed by atoms with van der Waals surface area (Å²) < 4.78 is 6.78. The van der Waals surface area contributed by atoms with E-state index >= 15 is 0 Å². The molecule has 5 heteroatoms. The van der Waals surface area contributed by atoms with Crippen LogP contribution in [0.5, 0.6) is 0 Å². The lowest BCUT2D eigenvalue weighted by molar-refractivity contribution is 0.380. The molecule has 0 N–H and O–H groups in total. The second-order valence-electron chi connectivity index (χ2n) is 2.81. The van der Waals surface area contributed by atoms with Crippen molar-refractivity contribution in [2.45, 2.75) is 0 Å². The van der Waals surface area contributed by atoms with Gasteiger partial charge in [0.25, 0.3) is 0 Å². The quantitative estimate of drug-likeness (QED) is 0.780. The summed E-state index contributed by atoms with van der Waals surface area (Å²) in [6, 6.07) is 7.51. The first kappa shape index (κ1) is 9.21. The summed E-state index contributed by atoms with van der Waals surface area (Å²) in [5.74, 6) is 0.0539. The third-order valence-corrected chi connectivity index (χ3v) is 2.61. The van der Waals surface area contributed by atoms with E-state index in [4.69, 9.17) is 0 Å². The summed E-state index contributed by atoms with van der Waals surface area (Å²) in [6.07, 6.45) is 0. The van der Waals surface area contributed by atoms with Crippen LogP contribution in [0.2, 0.25) is 0 Å². The molecular formula is C9H7BrN2O2. The van der Waals surface area contributed by atoms with Gasteiger partial charge in [0.15, 0.2) is 5.82 Å². The molecule has 0 saturated carbocycles. The van der Waals surface area contributed by atoms with Crippen LogP contribution < -0.4 is 5.76 Å². The van der Waals surface area contributed by atoms with Gasteiger partial charge in [0.05, 0.1) is 0 Å². The molecule has 0 aliphatic rings. The number of benzene rings is 1. The van der Waals surface area contributed by atoms with E-state index in [1.807, 2.05) is 24.3 Å². The van der Waals surface area contributed by atoms with E-state index in [0.717, 1.165) is 10.0 Å². The van der Waals surface area contributed by atoms with E-state index in [9.17, 15) is 4.79 Å². The Bertz CT molecular complexity index is 516. The number of aromatic nitrogens is 2. The fraction of sp³-hybridized carbons (Fsp3) is 0.111. The highest BCUT2D eigenvalue weighted by atomic mass is 79.9. The fourth-order valence-corrected chi connectivity index (χ4v) is 1.63. The van der Waals surface area contributed by atoms with Crippen molar-refractivity contribution in [3.8, 4) is 11.4 Å². The van der Waals surface area contributed by atoms with Crippen molar-refractivity contribution in [3.63, 3.8) is 0 Å². The average molecular weight is 255 g/mol. The maximum atomic E-state index is 11.0. The Labute approximate surface area is 88.3 Å². The minimum Gasteiger partial charge on any atom is -0.295 e. The Hall–Kier alpha value is -1.36. The largest absolute Gasteiger partial charge is 0.441 e. The molecule has 0 bridgehead atoms. The molecule has 1 aromatic heterocycles.